The third-order valence-electron chi connectivity index (χ3n) is 1.78. The summed E-state index contributed by atoms with van der Waals surface area (Å²) in [6.45, 7) is 0. The molecule has 0 radical (unpaired) electrons. The Balaban J connectivity index is 3.48. The molecule has 1 N–H and O–H groups in total. The number of aromatic nitrogens is 1. The average Bonchev–Trinajstić information content (AvgIpc) is 2.26. The largest absolute Gasteiger partial charge is 0.480 e. The average molecular weight is 228 g/mol. The summed E-state index contributed by atoms with van der Waals surface area (Å²) in [4.78, 5) is 14.1. The van der Waals surface area contributed by atoms with E-state index in [0.29, 0.717) is 6.07 Å². The number of aromatic carboxylic acids is 1. The van der Waals surface area contributed by atoms with Crippen molar-refractivity contribution < 1.29 is 23.4 Å². The molecule has 0 saturated carbocycles. The van der Waals surface area contributed by atoms with Gasteiger partial charge in [0.05, 0.1) is 12.7 Å². The van der Waals surface area contributed by atoms with Crippen molar-refractivity contribution in [1.82, 2.24) is 4.98 Å². The van der Waals surface area contributed by atoms with Crippen molar-refractivity contribution in [3.63, 3.8) is 0 Å². The molecule has 0 aliphatic carbocycles. The number of pyridine rings is 1. The summed E-state index contributed by atoms with van der Waals surface area (Å²) in [5.41, 5.74) is -1.77. The monoisotopic (exact) mass is 228 g/mol. The lowest BCUT2D eigenvalue weighted by Crippen LogP contribution is -2.06. The Morgan fingerprint density at radius 1 is 1.69 bits per heavy atom. The van der Waals surface area contributed by atoms with Gasteiger partial charge >= 0.3 is 5.97 Å². The van der Waals surface area contributed by atoms with Gasteiger partial charge in [-0.1, -0.05) is 0 Å². The Morgan fingerprint density at radius 2 is 2.31 bits per heavy atom. The van der Waals surface area contributed by atoms with E-state index in [1.54, 1.807) is 0 Å². The van der Waals surface area contributed by atoms with Gasteiger partial charge < -0.3 is 9.84 Å². The molecular weight excluding hydrogens is 222 g/mol. The van der Waals surface area contributed by atoms with Crippen LogP contribution in [-0.2, 0) is 0 Å². The minimum atomic E-state index is -2.97. The van der Waals surface area contributed by atoms with E-state index >= 15 is 0 Å². The lowest BCUT2D eigenvalue weighted by molar-refractivity contribution is 0.0691. The molecule has 0 saturated heterocycles. The van der Waals surface area contributed by atoms with Crippen LogP contribution in [0.5, 0.6) is 5.88 Å². The van der Waals surface area contributed by atoms with Crippen LogP contribution in [-0.4, -0.2) is 23.2 Å². The SMILES string of the molecule is COc1nc(C#N)c(C(F)F)cc1C(=O)O. The molecule has 0 aliphatic rings. The van der Waals surface area contributed by atoms with E-state index in [-0.39, 0.29) is 5.88 Å². The Kier molecular flexibility index (Phi) is 3.35. The smallest absolute Gasteiger partial charge is 0.341 e. The molecule has 0 aliphatic heterocycles. The van der Waals surface area contributed by atoms with Crippen LogP contribution in [0.2, 0.25) is 0 Å². The molecule has 5 nitrogen and oxygen atoms in total. The standard InChI is InChI=1S/C9H6F2N2O3/c1-16-8-5(9(14)15)2-4(7(10)11)6(3-12)13-8/h2,7H,1H3,(H,14,15). The first-order valence-corrected chi connectivity index (χ1v) is 4.01. The second kappa shape index (κ2) is 4.53. The van der Waals surface area contributed by atoms with Crippen molar-refractivity contribution in [3.05, 3.63) is 22.9 Å². The van der Waals surface area contributed by atoms with E-state index in [4.69, 9.17) is 10.4 Å². The highest BCUT2D eigenvalue weighted by molar-refractivity contribution is 5.90. The molecule has 84 valence electrons. The molecule has 0 aromatic carbocycles. The number of alkyl halides is 2. The molecule has 0 amide bonds. The fourth-order valence-corrected chi connectivity index (χ4v) is 1.08. The number of rotatable bonds is 3. The zero-order chi connectivity index (χ0) is 12.3. The van der Waals surface area contributed by atoms with Gasteiger partial charge in [-0.3, -0.25) is 0 Å². The molecule has 0 unspecified atom stereocenters. The number of carbonyl (C=O) groups is 1. The highest BCUT2D eigenvalue weighted by Crippen LogP contribution is 2.26. The van der Waals surface area contributed by atoms with E-state index in [2.05, 4.69) is 9.72 Å². The van der Waals surface area contributed by atoms with Gasteiger partial charge in [0.15, 0.2) is 5.69 Å². The summed E-state index contributed by atoms with van der Waals surface area (Å²) in [6.07, 6.45) is -2.97. The predicted octanol–water partition coefficient (Wildman–Crippen LogP) is 1.60. The topological polar surface area (TPSA) is 83.2 Å². The van der Waals surface area contributed by atoms with Crippen molar-refractivity contribution in [2.24, 2.45) is 0 Å². The maximum atomic E-state index is 12.5. The first-order valence-electron chi connectivity index (χ1n) is 4.01. The van der Waals surface area contributed by atoms with E-state index in [1.165, 1.54) is 6.07 Å². The molecule has 1 aromatic heterocycles. The van der Waals surface area contributed by atoms with Crippen molar-refractivity contribution in [1.29, 1.82) is 5.26 Å². The second-order valence-electron chi connectivity index (χ2n) is 2.70. The van der Waals surface area contributed by atoms with Crippen LogP contribution in [0.15, 0.2) is 6.07 Å². The van der Waals surface area contributed by atoms with Crippen molar-refractivity contribution in [3.8, 4) is 11.9 Å². The zero-order valence-corrected chi connectivity index (χ0v) is 8.07. The molecule has 0 spiro atoms. The number of nitriles is 1. The van der Waals surface area contributed by atoms with Gasteiger partial charge in [0, 0.05) is 0 Å². The molecule has 1 aromatic rings. The van der Waals surface area contributed by atoms with Gasteiger partial charge in [0.2, 0.25) is 5.88 Å². The minimum absolute atomic E-state index is 0.367. The van der Waals surface area contributed by atoms with E-state index in [1.807, 2.05) is 0 Å². The van der Waals surface area contributed by atoms with E-state index in [9.17, 15) is 13.6 Å². The fourth-order valence-electron chi connectivity index (χ4n) is 1.08. The molecule has 0 bridgehead atoms. The first-order chi connectivity index (χ1) is 7.51. The molecule has 0 fully saturated rings. The lowest BCUT2D eigenvalue weighted by Gasteiger charge is -2.07. The number of ether oxygens (including phenoxy) is 1. The normalized spacial score (nSPS) is 9.94. The molecule has 16 heavy (non-hydrogen) atoms. The summed E-state index contributed by atoms with van der Waals surface area (Å²) in [6, 6.07) is 2.15. The number of carboxylic acid groups (broad SMARTS) is 1. The maximum Gasteiger partial charge on any atom is 0.341 e. The quantitative estimate of drug-likeness (QED) is 0.849. The van der Waals surface area contributed by atoms with Crippen LogP contribution in [0.1, 0.15) is 28.0 Å². The van der Waals surface area contributed by atoms with Gasteiger partial charge in [0.1, 0.15) is 11.6 Å². The van der Waals surface area contributed by atoms with Gasteiger partial charge in [0.25, 0.3) is 6.43 Å². The number of hydrogen-bond donors (Lipinski definition) is 1. The van der Waals surface area contributed by atoms with Crippen LogP contribution in [0.3, 0.4) is 0 Å². The maximum absolute atomic E-state index is 12.5. The van der Waals surface area contributed by atoms with E-state index < -0.39 is 29.2 Å². The van der Waals surface area contributed by atoms with Crippen LogP contribution in [0, 0.1) is 11.3 Å². The Hall–Kier alpha value is -2.23. The van der Waals surface area contributed by atoms with Crippen molar-refractivity contribution >= 4 is 5.97 Å². The molecule has 7 heteroatoms. The fraction of sp³-hybridized carbons (Fsp3) is 0.222. The second-order valence-corrected chi connectivity index (χ2v) is 2.70. The number of methoxy groups -OCH3 is 1. The highest BCUT2D eigenvalue weighted by atomic mass is 19.3. The van der Waals surface area contributed by atoms with Gasteiger partial charge in [-0.15, -0.1) is 0 Å². The summed E-state index contributed by atoms with van der Waals surface area (Å²) in [7, 11) is 1.14. The molecule has 0 atom stereocenters. The van der Waals surface area contributed by atoms with Gasteiger partial charge in [-0.2, -0.15) is 5.26 Å². The highest BCUT2D eigenvalue weighted by Gasteiger charge is 2.21. The number of halogens is 2. The van der Waals surface area contributed by atoms with Crippen molar-refractivity contribution in [2.75, 3.05) is 7.11 Å². The zero-order valence-electron chi connectivity index (χ0n) is 8.07. The van der Waals surface area contributed by atoms with Gasteiger partial charge in [-0.25, -0.2) is 18.6 Å². The Morgan fingerprint density at radius 3 is 2.69 bits per heavy atom. The summed E-state index contributed by atoms with van der Waals surface area (Å²) in [5, 5.41) is 17.3. The Labute approximate surface area is 88.9 Å². The van der Waals surface area contributed by atoms with E-state index in [0.717, 1.165) is 7.11 Å². The summed E-state index contributed by atoms with van der Waals surface area (Å²) < 4.78 is 29.5. The van der Waals surface area contributed by atoms with Crippen LogP contribution in [0.25, 0.3) is 0 Å². The summed E-state index contributed by atoms with van der Waals surface area (Å²) in [5.74, 6) is -1.82. The predicted molar refractivity (Wildman–Crippen MR) is 47.4 cm³/mol. The third kappa shape index (κ3) is 2.06. The first kappa shape index (κ1) is 11.8. The number of carboxylic acids is 1. The van der Waals surface area contributed by atoms with Gasteiger partial charge in [-0.05, 0) is 6.07 Å². The third-order valence-corrected chi connectivity index (χ3v) is 1.78. The van der Waals surface area contributed by atoms with Crippen LogP contribution in [0.4, 0.5) is 8.78 Å². The van der Waals surface area contributed by atoms with Crippen molar-refractivity contribution in [2.45, 2.75) is 6.43 Å². The molecule has 1 rings (SSSR count). The van der Waals surface area contributed by atoms with Crippen LogP contribution < -0.4 is 4.74 Å². The number of hydrogen-bond acceptors (Lipinski definition) is 4. The Bertz CT molecular complexity index is 469. The summed E-state index contributed by atoms with van der Waals surface area (Å²) >= 11 is 0. The lowest BCUT2D eigenvalue weighted by atomic mass is 10.1. The minimum Gasteiger partial charge on any atom is -0.480 e. The number of nitrogens with zero attached hydrogens (tertiary/aromatic N) is 2. The molecular formula is C9H6F2N2O3. The van der Waals surface area contributed by atoms with Crippen LogP contribution >= 0.6 is 0 Å². The molecule has 1 heterocycles.